The molecule has 0 bridgehead atoms. The van der Waals surface area contributed by atoms with E-state index in [0.29, 0.717) is 5.69 Å². The number of carbonyl (C=O) groups is 1. The maximum absolute atomic E-state index is 11.4. The number of ether oxygens (including phenoxy) is 1. The third-order valence-corrected chi connectivity index (χ3v) is 2.71. The average Bonchev–Trinajstić information content (AvgIpc) is 2.90. The molecule has 0 fully saturated rings. The van der Waals surface area contributed by atoms with Crippen molar-refractivity contribution < 1.29 is 19.2 Å². The van der Waals surface area contributed by atoms with Crippen LogP contribution in [0, 0.1) is 0 Å². The molecule has 1 aromatic carbocycles. The number of phenols is 1. The summed E-state index contributed by atoms with van der Waals surface area (Å²) < 4.78 is 9.48. The van der Waals surface area contributed by atoms with Crippen LogP contribution in [0.15, 0.2) is 41.1 Å². The van der Waals surface area contributed by atoms with E-state index in [9.17, 15) is 9.90 Å². The van der Waals surface area contributed by atoms with Crippen molar-refractivity contribution in [2.45, 2.75) is 12.3 Å². The fourth-order valence-electron chi connectivity index (χ4n) is 1.75. The molecule has 1 atom stereocenters. The van der Waals surface area contributed by atoms with Crippen molar-refractivity contribution in [1.82, 2.24) is 5.16 Å². The minimum atomic E-state index is -0.323. The number of hydrogen-bond donors (Lipinski definition) is 1. The highest BCUT2D eigenvalue weighted by atomic mass is 16.5. The molecule has 0 aliphatic rings. The van der Waals surface area contributed by atoms with E-state index in [1.165, 1.54) is 13.4 Å². The van der Waals surface area contributed by atoms with Crippen LogP contribution in [0.1, 0.15) is 23.6 Å². The molecule has 0 saturated heterocycles. The minimum Gasteiger partial charge on any atom is -0.508 e. The van der Waals surface area contributed by atoms with Crippen LogP contribution < -0.4 is 0 Å². The Labute approximate surface area is 104 Å². The second-order valence-electron chi connectivity index (χ2n) is 3.85. The standard InChI is InChI=1S/C13H13NO4/c1-17-13(16)8-11(12-6-7-18-14-12)9-2-4-10(15)5-3-9/h2-7,11,15H,8H2,1H3. The molecule has 0 aliphatic heterocycles. The molecular formula is C13H13NO4. The van der Waals surface area contributed by atoms with Crippen molar-refractivity contribution in [2.24, 2.45) is 0 Å². The van der Waals surface area contributed by atoms with Crippen LogP contribution in [0.2, 0.25) is 0 Å². The molecule has 1 N–H and O–H groups in total. The molecule has 1 heterocycles. The van der Waals surface area contributed by atoms with Gasteiger partial charge in [0.1, 0.15) is 12.0 Å². The summed E-state index contributed by atoms with van der Waals surface area (Å²) in [6.07, 6.45) is 1.63. The Bertz CT molecular complexity index is 504. The molecule has 18 heavy (non-hydrogen) atoms. The van der Waals surface area contributed by atoms with Crippen LogP contribution in [0.3, 0.4) is 0 Å². The fourth-order valence-corrected chi connectivity index (χ4v) is 1.75. The highest BCUT2D eigenvalue weighted by Crippen LogP contribution is 2.28. The largest absolute Gasteiger partial charge is 0.508 e. The van der Waals surface area contributed by atoms with Gasteiger partial charge in [0.05, 0.1) is 19.2 Å². The van der Waals surface area contributed by atoms with Gasteiger partial charge >= 0.3 is 5.97 Å². The van der Waals surface area contributed by atoms with Gasteiger partial charge in [-0.25, -0.2) is 0 Å². The van der Waals surface area contributed by atoms with E-state index >= 15 is 0 Å². The van der Waals surface area contributed by atoms with Gasteiger partial charge in [0.2, 0.25) is 0 Å². The molecule has 2 aromatic rings. The predicted molar refractivity (Wildman–Crippen MR) is 63.1 cm³/mol. The smallest absolute Gasteiger partial charge is 0.306 e. The zero-order chi connectivity index (χ0) is 13.0. The summed E-state index contributed by atoms with van der Waals surface area (Å²) in [5, 5.41) is 13.1. The molecular weight excluding hydrogens is 234 g/mol. The Morgan fingerprint density at radius 2 is 2.11 bits per heavy atom. The molecule has 0 radical (unpaired) electrons. The maximum atomic E-state index is 11.4. The average molecular weight is 247 g/mol. The number of aromatic nitrogens is 1. The SMILES string of the molecule is COC(=O)CC(c1ccc(O)cc1)c1ccon1. The second-order valence-corrected chi connectivity index (χ2v) is 3.85. The topological polar surface area (TPSA) is 72.6 Å². The third kappa shape index (κ3) is 2.68. The first-order chi connectivity index (χ1) is 8.70. The molecule has 5 heteroatoms. The van der Waals surface area contributed by atoms with Gasteiger partial charge in [-0.15, -0.1) is 0 Å². The van der Waals surface area contributed by atoms with E-state index in [-0.39, 0.29) is 24.1 Å². The molecule has 1 unspecified atom stereocenters. The number of carbonyl (C=O) groups excluding carboxylic acids is 1. The minimum absolute atomic E-state index is 0.174. The highest BCUT2D eigenvalue weighted by molar-refractivity contribution is 5.71. The summed E-state index contributed by atoms with van der Waals surface area (Å²) in [4.78, 5) is 11.4. The molecule has 1 aromatic heterocycles. The van der Waals surface area contributed by atoms with Crippen LogP contribution in [0.5, 0.6) is 5.75 Å². The van der Waals surface area contributed by atoms with E-state index in [0.717, 1.165) is 5.56 Å². The normalized spacial score (nSPS) is 12.1. The lowest BCUT2D eigenvalue weighted by molar-refractivity contribution is -0.140. The number of nitrogens with zero attached hydrogens (tertiary/aromatic N) is 1. The molecule has 94 valence electrons. The van der Waals surface area contributed by atoms with E-state index in [4.69, 9.17) is 4.52 Å². The summed E-state index contributed by atoms with van der Waals surface area (Å²) in [7, 11) is 1.35. The predicted octanol–water partition coefficient (Wildman–Crippen LogP) is 2.08. The molecule has 0 spiro atoms. The summed E-state index contributed by atoms with van der Waals surface area (Å²) >= 11 is 0. The van der Waals surface area contributed by atoms with Crippen LogP contribution >= 0.6 is 0 Å². The Morgan fingerprint density at radius 1 is 1.39 bits per heavy atom. The van der Waals surface area contributed by atoms with Crippen LogP contribution in [0.4, 0.5) is 0 Å². The number of rotatable bonds is 4. The molecule has 0 aliphatic carbocycles. The first kappa shape index (κ1) is 12.2. The van der Waals surface area contributed by atoms with E-state index in [2.05, 4.69) is 9.89 Å². The quantitative estimate of drug-likeness (QED) is 0.837. The third-order valence-electron chi connectivity index (χ3n) is 2.71. The zero-order valence-corrected chi connectivity index (χ0v) is 9.87. The number of esters is 1. The highest BCUT2D eigenvalue weighted by Gasteiger charge is 2.21. The van der Waals surface area contributed by atoms with Crippen LogP contribution in [0.25, 0.3) is 0 Å². The van der Waals surface area contributed by atoms with E-state index in [1.807, 2.05) is 0 Å². The monoisotopic (exact) mass is 247 g/mol. The maximum Gasteiger partial charge on any atom is 0.306 e. The van der Waals surface area contributed by atoms with Gasteiger partial charge < -0.3 is 14.4 Å². The first-order valence-corrected chi connectivity index (χ1v) is 5.46. The zero-order valence-electron chi connectivity index (χ0n) is 9.87. The Morgan fingerprint density at radius 3 is 2.67 bits per heavy atom. The van der Waals surface area contributed by atoms with E-state index < -0.39 is 0 Å². The Balaban J connectivity index is 2.30. The van der Waals surface area contributed by atoms with Crippen LogP contribution in [-0.2, 0) is 9.53 Å². The fraction of sp³-hybridized carbons (Fsp3) is 0.231. The van der Waals surface area contributed by atoms with Gasteiger partial charge in [-0.05, 0) is 17.7 Å². The van der Waals surface area contributed by atoms with Crippen molar-refractivity contribution in [2.75, 3.05) is 7.11 Å². The molecule has 0 saturated carbocycles. The number of aromatic hydroxyl groups is 1. The van der Waals surface area contributed by atoms with Crippen molar-refractivity contribution >= 4 is 5.97 Å². The molecule has 2 rings (SSSR count). The number of methoxy groups -OCH3 is 1. The van der Waals surface area contributed by atoms with Gasteiger partial charge in [-0.3, -0.25) is 4.79 Å². The number of hydrogen-bond acceptors (Lipinski definition) is 5. The van der Waals surface area contributed by atoms with E-state index in [1.54, 1.807) is 30.3 Å². The molecule has 5 nitrogen and oxygen atoms in total. The summed E-state index contributed by atoms with van der Waals surface area (Å²) in [5.74, 6) is -0.386. The van der Waals surface area contributed by atoms with Crippen molar-refractivity contribution in [3.8, 4) is 5.75 Å². The summed E-state index contributed by atoms with van der Waals surface area (Å²) in [6.45, 7) is 0. The number of phenolic OH excluding ortho intramolecular Hbond substituents is 1. The lowest BCUT2D eigenvalue weighted by Crippen LogP contribution is -2.10. The molecule has 0 amide bonds. The Hall–Kier alpha value is -2.30. The van der Waals surface area contributed by atoms with Crippen LogP contribution in [-0.4, -0.2) is 23.3 Å². The van der Waals surface area contributed by atoms with Gasteiger partial charge in [0.15, 0.2) is 0 Å². The lowest BCUT2D eigenvalue weighted by atomic mass is 9.92. The van der Waals surface area contributed by atoms with Gasteiger partial charge in [-0.2, -0.15) is 0 Å². The van der Waals surface area contributed by atoms with Crippen molar-refractivity contribution in [3.05, 3.63) is 47.9 Å². The Kier molecular flexibility index (Phi) is 3.62. The van der Waals surface area contributed by atoms with Gasteiger partial charge in [-0.1, -0.05) is 17.3 Å². The summed E-state index contributed by atoms with van der Waals surface area (Å²) in [6, 6.07) is 8.34. The van der Waals surface area contributed by atoms with Gasteiger partial charge in [0, 0.05) is 12.0 Å². The van der Waals surface area contributed by atoms with Gasteiger partial charge in [0.25, 0.3) is 0 Å². The van der Waals surface area contributed by atoms with Crippen molar-refractivity contribution in [3.63, 3.8) is 0 Å². The summed E-state index contributed by atoms with van der Waals surface area (Å²) in [5.41, 5.74) is 1.53. The lowest BCUT2D eigenvalue weighted by Gasteiger charge is -2.13. The number of benzene rings is 1. The second kappa shape index (κ2) is 5.35. The first-order valence-electron chi connectivity index (χ1n) is 5.46. The van der Waals surface area contributed by atoms with Crippen molar-refractivity contribution in [1.29, 1.82) is 0 Å².